The van der Waals surface area contributed by atoms with Crippen LogP contribution in [0.1, 0.15) is 16.7 Å². The van der Waals surface area contributed by atoms with Crippen LogP contribution >= 0.6 is 0 Å². The molecule has 1 saturated heterocycles. The first kappa shape index (κ1) is 11.9. The van der Waals surface area contributed by atoms with E-state index in [1.807, 2.05) is 26.0 Å². The summed E-state index contributed by atoms with van der Waals surface area (Å²) in [5.74, 6) is -0.0385. The van der Waals surface area contributed by atoms with Crippen molar-refractivity contribution >= 4 is 5.97 Å². The largest absolute Gasteiger partial charge is 0.496 e. The molecule has 1 N–H and O–H groups in total. The summed E-state index contributed by atoms with van der Waals surface area (Å²) in [6, 6.07) is 3.65. The van der Waals surface area contributed by atoms with Gasteiger partial charge < -0.3 is 14.6 Å². The summed E-state index contributed by atoms with van der Waals surface area (Å²) in [6.07, 6.45) is 0. The fourth-order valence-corrected chi connectivity index (χ4v) is 2.24. The Kier molecular flexibility index (Phi) is 2.83. The van der Waals surface area contributed by atoms with E-state index >= 15 is 0 Å². The van der Waals surface area contributed by atoms with Crippen LogP contribution < -0.4 is 4.74 Å². The van der Waals surface area contributed by atoms with Crippen molar-refractivity contribution in [2.24, 2.45) is 0 Å². The number of methoxy groups -OCH3 is 1. The van der Waals surface area contributed by atoms with Crippen LogP contribution in [0.25, 0.3) is 0 Å². The quantitative estimate of drug-likeness (QED) is 0.867. The highest BCUT2D eigenvalue weighted by Crippen LogP contribution is 2.37. The highest BCUT2D eigenvalue weighted by molar-refractivity contribution is 5.83. The number of carbonyl (C=O) groups is 1. The Labute approximate surface area is 100 Å². The maximum atomic E-state index is 11.4. The molecule has 0 aliphatic carbocycles. The summed E-state index contributed by atoms with van der Waals surface area (Å²) >= 11 is 0. The number of hydrogen-bond acceptors (Lipinski definition) is 3. The maximum absolute atomic E-state index is 11.4. The zero-order valence-electron chi connectivity index (χ0n) is 10.2. The van der Waals surface area contributed by atoms with Crippen LogP contribution in [0.2, 0.25) is 0 Å². The molecule has 1 aliphatic heterocycles. The molecule has 4 heteroatoms. The predicted molar refractivity (Wildman–Crippen MR) is 62.6 cm³/mol. The molecule has 0 radical (unpaired) electrons. The van der Waals surface area contributed by atoms with Gasteiger partial charge in [-0.3, -0.25) is 4.79 Å². The minimum Gasteiger partial charge on any atom is -0.496 e. The summed E-state index contributed by atoms with van der Waals surface area (Å²) in [5, 5.41) is 9.37. The van der Waals surface area contributed by atoms with E-state index in [0.29, 0.717) is 0 Å². The van der Waals surface area contributed by atoms with Gasteiger partial charge in [0, 0.05) is 0 Å². The third-order valence-electron chi connectivity index (χ3n) is 3.58. The topological polar surface area (TPSA) is 55.8 Å². The van der Waals surface area contributed by atoms with E-state index in [1.54, 1.807) is 7.11 Å². The number of ether oxygens (including phenoxy) is 2. The van der Waals surface area contributed by atoms with Gasteiger partial charge in [-0.2, -0.15) is 0 Å². The fraction of sp³-hybridized carbons (Fsp3) is 0.462. The molecular formula is C13H16O4. The molecule has 0 bridgehead atoms. The first-order chi connectivity index (χ1) is 8.03. The molecule has 92 valence electrons. The molecule has 2 rings (SSSR count). The van der Waals surface area contributed by atoms with Gasteiger partial charge in [0.05, 0.1) is 20.3 Å². The second-order valence-corrected chi connectivity index (χ2v) is 4.45. The van der Waals surface area contributed by atoms with Crippen molar-refractivity contribution in [3.63, 3.8) is 0 Å². The summed E-state index contributed by atoms with van der Waals surface area (Å²) in [6.45, 7) is 4.35. The molecule has 1 heterocycles. The van der Waals surface area contributed by atoms with Crippen molar-refractivity contribution in [2.45, 2.75) is 19.3 Å². The second-order valence-electron chi connectivity index (χ2n) is 4.45. The van der Waals surface area contributed by atoms with Crippen molar-refractivity contribution in [1.29, 1.82) is 0 Å². The van der Waals surface area contributed by atoms with Crippen molar-refractivity contribution < 1.29 is 19.4 Å². The lowest BCUT2D eigenvalue weighted by molar-refractivity contribution is -0.163. The van der Waals surface area contributed by atoms with Gasteiger partial charge in [0.2, 0.25) is 0 Å². The zero-order valence-corrected chi connectivity index (χ0v) is 10.2. The second kappa shape index (κ2) is 4.04. The van der Waals surface area contributed by atoms with Crippen molar-refractivity contribution in [3.8, 4) is 5.75 Å². The molecule has 0 saturated carbocycles. The molecule has 1 aromatic carbocycles. The fourth-order valence-electron chi connectivity index (χ4n) is 2.24. The van der Waals surface area contributed by atoms with Gasteiger partial charge in [-0.05, 0) is 36.6 Å². The lowest BCUT2D eigenvalue weighted by atomic mass is 9.76. The van der Waals surface area contributed by atoms with Crippen molar-refractivity contribution in [1.82, 2.24) is 0 Å². The van der Waals surface area contributed by atoms with Gasteiger partial charge in [0.25, 0.3) is 0 Å². The summed E-state index contributed by atoms with van der Waals surface area (Å²) in [4.78, 5) is 11.4. The molecule has 0 atom stereocenters. The molecule has 0 aromatic heterocycles. The minimum atomic E-state index is -0.874. The Bertz CT molecular complexity index is 461. The smallest absolute Gasteiger partial charge is 0.318 e. The van der Waals surface area contributed by atoms with Crippen molar-refractivity contribution in [3.05, 3.63) is 28.8 Å². The normalized spacial score (nSPS) is 17.4. The van der Waals surface area contributed by atoms with Crippen LogP contribution in [0.15, 0.2) is 12.1 Å². The molecule has 17 heavy (non-hydrogen) atoms. The van der Waals surface area contributed by atoms with E-state index in [-0.39, 0.29) is 13.2 Å². The van der Waals surface area contributed by atoms with E-state index in [1.165, 1.54) is 0 Å². The molecule has 0 amide bonds. The van der Waals surface area contributed by atoms with Gasteiger partial charge in [0.1, 0.15) is 11.2 Å². The Morgan fingerprint density at radius 3 is 2.41 bits per heavy atom. The number of aliphatic carboxylic acids is 1. The predicted octanol–water partition coefficient (Wildman–Crippen LogP) is 1.66. The van der Waals surface area contributed by atoms with E-state index in [2.05, 4.69) is 0 Å². The van der Waals surface area contributed by atoms with Crippen LogP contribution in [0.3, 0.4) is 0 Å². The van der Waals surface area contributed by atoms with Gasteiger partial charge in [-0.25, -0.2) is 0 Å². The summed E-state index contributed by atoms with van der Waals surface area (Å²) < 4.78 is 10.3. The monoisotopic (exact) mass is 236 g/mol. The average molecular weight is 236 g/mol. The first-order valence-corrected chi connectivity index (χ1v) is 5.49. The first-order valence-electron chi connectivity index (χ1n) is 5.49. The molecule has 0 unspecified atom stereocenters. The van der Waals surface area contributed by atoms with Crippen LogP contribution in [-0.4, -0.2) is 31.4 Å². The SMILES string of the molecule is COc1ccc(C2(C(=O)O)COC2)c(C)c1C. The highest BCUT2D eigenvalue weighted by atomic mass is 16.5. The molecule has 1 fully saturated rings. The zero-order chi connectivity index (χ0) is 12.6. The Morgan fingerprint density at radius 1 is 1.35 bits per heavy atom. The maximum Gasteiger partial charge on any atom is 0.318 e. The van der Waals surface area contributed by atoms with Crippen LogP contribution in [-0.2, 0) is 14.9 Å². The highest BCUT2D eigenvalue weighted by Gasteiger charge is 2.48. The number of carboxylic acid groups (broad SMARTS) is 1. The minimum absolute atomic E-state index is 0.245. The standard InChI is InChI=1S/C13H16O4/c1-8-9(2)11(16-3)5-4-10(8)13(12(14)15)6-17-7-13/h4-5H,6-7H2,1-3H3,(H,14,15). The van der Waals surface area contributed by atoms with Crippen LogP contribution in [0.5, 0.6) is 5.75 Å². The molecule has 1 aliphatic rings. The van der Waals surface area contributed by atoms with Gasteiger partial charge >= 0.3 is 5.97 Å². The lowest BCUT2D eigenvalue weighted by Gasteiger charge is -2.39. The summed E-state index contributed by atoms with van der Waals surface area (Å²) in [5.41, 5.74) is 1.91. The number of carboxylic acids is 1. The molecule has 0 spiro atoms. The Hall–Kier alpha value is -1.55. The number of hydrogen-bond donors (Lipinski definition) is 1. The molecule has 1 aromatic rings. The Morgan fingerprint density at radius 2 is 2.00 bits per heavy atom. The van der Waals surface area contributed by atoms with Crippen LogP contribution in [0, 0.1) is 13.8 Å². The third-order valence-corrected chi connectivity index (χ3v) is 3.58. The van der Waals surface area contributed by atoms with Gasteiger partial charge in [0.15, 0.2) is 0 Å². The van der Waals surface area contributed by atoms with Crippen molar-refractivity contribution in [2.75, 3.05) is 20.3 Å². The molecular weight excluding hydrogens is 220 g/mol. The Balaban J connectivity index is 2.53. The van der Waals surface area contributed by atoms with E-state index in [0.717, 1.165) is 22.4 Å². The van der Waals surface area contributed by atoms with Crippen LogP contribution in [0.4, 0.5) is 0 Å². The van der Waals surface area contributed by atoms with Gasteiger partial charge in [-0.1, -0.05) is 6.07 Å². The number of rotatable bonds is 3. The number of benzene rings is 1. The molecule has 4 nitrogen and oxygen atoms in total. The van der Waals surface area contributed by atoms with E-state index < -0.39 is 11.4 Å². The summed E-state index contributed by atoms with van der Waals surface area (Å²) in [7, 11) is 1.61. The van der Waals surface area contributed by atoms with Gasteiger partial charge in [-0.15, -0.1) is 0 Å². The van der Waals surface area contributed by atoms with E-state index in [4.69, 9.17) is 9.47 Å². The third kappa shape index (κ3) is 1.60. The average Bonchev–Trinajstić information content (AvgIpc) is 2.22. The lowest BCUT2D eigenvalue weighted by Crippen LogP contribution is -2.53. The van der Waals surface area contributed by atoms with E-state index in [9.17, 15) is 9.90 Å².